The van der Waals surface area contributed by atoms with Crippen molar-refractivity contribution in [3.63, 3.8) is 0 Å². The van der Waals surface area contributed by atoms with Crippen molar-refractivity contribution in [1.82, 2.24) is 0 Å². The summed E-state index contributed by atoms with van der Waals surface area (Å²) in [7, 11) is -5.30. The maximum atomic E-state index is 13.9. The molecule has 2 aliphatic rings. The van der Waals surface area contributed by atoms with Gasteiger partial charge in [0, 0.05) is 5.92 Å². The summed E-state index contributed by atoms with van der Waals surface area (Å²) >= 11 is 0. The first-order valence-corrected chi connectivity index (χ1v) is 8.13. The standard InChI is InChI=1S/C12H20F2O3S/c13-12(14,18(15,16)17)11-8-4-3-7-10(11)9-5-1-2-6-9/h9-11H,1-8H2,(H,15,16,17). The number of halogens is 2. The smallest absolute Gasteiger partial charge is 0.281 e. The van der Waals surface area contributed by atoms with Gasteiger partial charge in [-0.3, -0.25) is 4.55 Å². The fourth-order valence-corrected chi connectivity index (χ4v) is 4.39. The highest BCUT2D eigenvalue weighted by Crippen LogP contribution is 2.49. The average Bonchev–Trinajstić information content (AvgIpc) is 2.81. The Morgan fingerprint density at radius 3 is 2.00 bits per heavy atom. The van der Waals surface area contributed by atoms with E-state index in [-0.39, 0.29) is 18.3 Å². The van der Waals surface area contributed by atoms with Crippen LogP contribution in [0.25, 0.3) is 0 Å². The van der Waals surface area contributed by atoms with Gasteiger partial charge in [0.2, 0.25) is 0 Å². The number of hydrogen-bond acceptors (Lipinski definition) is 2. The molecule has 2 fully saturated rings. The van der Waals surface area contributed by atoms with E-state index in [2.05, 4.69) is 0 Å². The summed E-state index contributed by atoms with van der Waals surface area (Å²) < 4.78 is 58.4. The van der Waals surface area contributed by atoms with Crippen LogP contribution < -0.4 is 0 Å². The lowest BCUT2D eigenvalue weighted by Gasteiger charge is -2.38. The van der Waals surface area contributed by atoms with Crippen molar-refractivity contribution >= 4 is 10.1 Å². The zero-order valence-electron chi connectivity index (χ0n) is 10.3. The van der Waals surface area contributed by atoms with E-state index in [0.29, 0.717) is 12.8 Å². The molecule has 0 heterocycles. The molecule has 2 aliphatic carbocycles. The average molecular weight is 282 g/mol. The van der Waals surface area contributed by atoms with Crippen LogP contribution >= 0.6 is 0 Å². The Morgan fingerprint density at radius 1 is 0.944 bits per heavy atom. The van der Waals surface area contributed by atoms with Crippen molar-refractivity contribution in [3.8, 4) is 0 Å². The van der Waals surface area contributed by atoms with E-state index in [1.54, 1.807) is 0 Å². The van der Waals surface area contributed by atoms with E-state index < -0.39 is 21.3 Å². The van der Waals surface area contributed by atoms with E-state index in [1.807, 2.05) is 0 Å². The molecule has 2 atom stereocenters. The van der Waals surface area contributed by atoms with Gasteiger partial charge in [0.15, 0.2) is 0 Å². The van der Waals surface area contributed by atoms with Crippen LogP contribution in [-0.4, -0.2) is 18.2 Å². The molecule has 2 unspecified atom stereocenters. The molecule has 106 valence electrons. The van der Waals surface area contributed by atoms with Crippen molar-refractivity contribution in [2.75, 3.05) is 0 Å². The van der Waals surface area contributed by atoms with Crippen LogP contribution in [0.15, 0.2) is 0 Å². The largest absolute Gasteiger partial charge is 0.372 e. The van der Waals surface area contributed by atoms with Gasteiger partial charge < -0.3 is 0 Å². The van der Waals surface area contributed by atoms with E-state index in [4.69, 9.17) is 4.55 Å². The molecule has 18 heavy (non-hydrogen) atoms. The maximum Gasteiger partial charge on any atom is 0.372 e. The summed E-state index contributed by atoms with van der Waals surface area (Å²) in [6.45, 7) is 0. The van der Waals surface area contributed by atoms with E-state index in [1.165, 1.54) is 0 Å². The Labute approximate surface area is 107 Å². The normalized spacial score (nSPS) is 31.7. The summed E-state index contributed by atoms with van der Waals surface area (Å²) in [5.41, 5.74) is 0. The third-order valence-corrected chi connectivity index (χ3v) is 5.59. The van der Waals surface area contributed by atoms with Gasteiger partial charge >= 0.3 is 15.4 Å². The third-order valence-electron chi connectivity index (χ3n) is 4.60. The molecule has 3 nitrogen and oxygen atoms in total. The minimum atomic E-state index is -5.30. The lowest BCUT2D eigenvalue weighted by Crippen LogP contribution is -2.44. The molecule has 0 spiro atoms. The number of alkyl halides is 2. The second-order valence-corrected chi connectivity index (χ2v) is 7.13. The molecular formula is C12H20F2O3S. The van der Waals surface area contributed by atoms with Crippen LogP contribution in [0, 0.1) is 17.8 Å². The Morgan fingerprint density at radius 2 is 1.44 bits per heavy atom. The van der Waals surface area contributed by atoms with Gasteiger partial charge in [-0.05, 0) is 24.7 Å². The molecule has 1 N–H and O–H groups in total. The molecule has 6 heteroatoms. The molecule has 0 aliphatic heterocycles. The molecule has 0 radical (unpaired) electrons. The topological polar surface area (TPSA) is 54.4 Å². The summed E-state index contributed by atoms with van der Waals surface area (Å²) in [5.74, 6) is -1.24. The Bertz CT molecular complexity index is 388. The van der Waals surface area contributed by atoms with Gasteiger partial charge in [0.05, 0.1) is 0 Å². The van der Waals surface area contributed by atoms with Crippen LogP contribution in [0.1, 0.15) is 51.4 Å². The third kappa shape index (κ3) is 2.54. The van der Waals surface area contributed by atoms with Crippen molar-refractivity contribution in [2.45, 2.75) is 56.6 Å². The minimum Gasteiger partial charge on any atom is -0.281 e. The highest BCUT2D eigenvalue weighted by Gasteiger charge is 2.55. The van der Waals surface area contributed by atoms with Crippen LogP contribution in [0.2, 0.25) is 0 Å². The summed E-state index contributed by atoms with van der Waals surface area (Å²) in [6, 6.07) is 0. The Balaban J connectivity index is 2.22. The zero-order chi connectivity index (χ0) is 13.4. The van der Waals surface area contributed by atoms with Gasteiger partial charge in [-0.1, -0.05) is 38.5 Å². The van der Waals surface area contributed by atoms with Crippen LogP contribution in [0.3, 0.4) is 0 Å². The van der Waals surface area contributed by atoms with Crippen LogP contribution in [0.4, 0.5) is 8.78 Å². The maximum absolute atomic E-state index is 13.9. The van der Waals surface area contributed by atoms with Crippen molar-refractivity contribution in [2.24, 2.45) is 17.8 Å². The summed E-state index contributed by atoms with van der Waals surface area (Å²) in [5, 5.41) is -3.99. The highest BCUT2D eigenvalue weighted by molar-refractivity contribution is 7.86. The van der Waals surface area contributed by atoms with Gasteiger partial charge in [-0.2, -0.15) is 17.2 Å². The predicted octanol–water partition coefficient (Wildman–Crippen LogP) is 3.46. The first-order valence-electron chi connectivity index (χ1n) is 6.69. The Hall–Kier alpha value is -0.230. The molecular weight excluding hydrogens is 262 g/mol. The van der Waals surface area contributed by atoms with E-state index in [9.17, 15) is 17.2 Å². The first kappa shape index (κ1) is 14.2. The number of rotatable bonds is 3. The fourth-order valence-electron chi connectivity index (χ4n) is 3.72. The van der Waals surface area contributed by atoms with Gasteiger partial charge in [0.25, 0.3) is 0 Å². The van der Waals surface area contributed by atoms with Gasteiger partial charge in [-0.25, -0.2) is 0 Å². The van der Waals surface area contributed by atoms with Crippen molar-refractivity contribution in [3.05, 3.63) is 0 Å². The quantitative estimate of drug-likeness (QED) is 0.806. The molecule has 0 aromatic carbocycles. The lowest BCUT2D eigenvalue weighted by molar-refractivity contribution is -0.0415. The second-order valence-electron chi connectivity index (χ2n) is 5.64. The minimum absolute atomic E-state index is 0.202. The molecule has 0 amide bonds. The fraction of sp³-hybridized carbons (Fsp3) is 1.00. The van der Waals surface area contributed by atoms with Crippen molar-refractivity contribution < 1.29 is 21.8 Å². The van der Waals surface area contributed by atoms with Crippen molar-refractivity contribution in [1.29, 1.82) is 0 Å². The molecule has 0 saturated heterocycles. The van der Waals surface area contributed by atoms with Crippen LogP contribution in [0.5, 0.6) is 0 Å². The van der Waals surface area contributed by atoms with Gasteiger partial charge in [0.1, 0.15) is 0 Å². The van der Waals surface area contributed by atoms with E-state index >= 15 is 0 Å². The molecule has 0 aromatic heterocycles. The molecule has 0 bridgehead atoms. The van der Waals surface area contributed by atoms with Gasteiger partial charge in [-0.15, -0.1) is 0 Å². The van der Waals surface area contributed by atoms with Crippen LogP contribution in [-0.2, 0) is 10.1 Å². The second kappa shape index (κ2) is 5.04. The summed E-state index contributed by atoms with van der Waals surface area (Å²) in [4.78, 5) is 0. The molecule has 0 aromatic rings. The molecule has 2 saturated carbocycles. The highest BCUT2D eigenvalue weighted by atomic mass is 32.2. The zero-order valence-corrected chi connectivity index (χ0v) is 11.1. The van der Waals surface area contributed by atoms with E-state index in [0.717, 1.165) is 32.1 Å². The lowest BCUT2D eigenvalue weighted by atomic mass is 9.72. The first-order chi connectivity index (χ1) is 8.34. The monoisotopic (exact) mass is 282 g/mol. The summed E-state index contributed by atoms with van der Waals surface area (Å²) in [6.07, 6.45) is 6.31. The number of hydrogen-bond donors (Lipinski definition) is 1. The SMILES string of the molecule is O=S(=O)(O)C(F)(F)C1CCCCC1C1CCCC1. The Kier molecular flexibility index (Phi) is 3.97. The predicted molar refractivity (Wildman–Crippen MR) is 63.9 cm³/mol. The molecule has 2 rings (SSSR count).